The first kappa shape index (κ1) is 24.8. The van der Waals surface area contributed by atoms with Gasteiger partial charge >= 0.3 is 0 Å². The molecule has 3 aromatic carbocycles. The maximum Gasteiger partial charge on any atom is 0.104 e. The normalized spacial score (nSPS) is 18.1. The van der Waals surface area contributed by atoms with Crippen LogP contribution in [-0.2, 0) is 4.74 Å². The van der Waals surface area contributed by atoms with Gasteiger partial charge in [-0.2, -0.15) is 0 Å². The molecule has 3 aromatic rings. The van der Waals surface area contributed by atoms with Crippen molar-refractivity contribution in [3.8, 4) is 0 Å². The van der Waals surface area contributed by atoms with Crippen LogP contribution in [0.2, 0.25) is 0 Å². The molecule has 0 saturated carbocycles. The van der Waals surface area contributed by atoms with E-state index in [4.69, 9.17) is 4.74 Å². The number of allylic oxidation sites excluding steroid dienone is 1. The second-order valence-corrected chi connectivity index (χ2v) is 9.81. The van der Waals surface area contributed by atoms with E-state index in [2.05, 4.69) is 93.3 Å². The highest BCUT2D eigenvalue weighted by Crippen LogP contribution is 2.41. The van der Waals surface area contributed by atoms with E-state index in [9.17, 15) is 5.11 Å². The molecule has 0 aromatic heterocycles. The first-order valence-electron chi connectivity index (χ1n) is 12.5. The summed E-state index contributed by atoms with van der Waals surface area (Å²) in [5.41, 5.74) is 9.66. The predicted octanol–water partition coefficient (Wildman–Crippen LogP) is 7.62. The number of para-hydroxylation sites is 1. The molecule has 1 heterocycles. The molecule has 3 heteroatoms. The Hall–Kier alpha value is -3.30. The molecule has 4 atom stereocenters. The Kier molecular flexibility index (Phi) is 7.47. The van der Waals surface area contributed by atoms with Crippen LogP contribution in [0.5, 0.6) is 0 Å². The van der Waals surface area contributed by atoms with Crippen LogP contribution in [0, 0.1) is 20.8 Å². The Morgan fingerprint density at radius 1 is 0.971 bits per heavy atom. The van der Waals surface area contributed by atoms with Crippen molar-refractivity contribution in [3.05, 3.63) is 118 Å². The number of aliphatic hydroxyl groups excluding tert-OH is 1. The number of ether oxygens (including phenoxy) is 1. The van der Waals surface area contributed by atoms with Crippen LogP contribution in [-0.4, -0.2) is 17.3 Å². The second-order valence-electron chi connectivity index (χ2n) is 9.81. The smallest absolute Gasteiger partial charge is 0.104 e. The van der Waals surface area contributed by atoms with Crippen molar-refractivity contribution >= 4 is 11.8 Å². The summed E-state index contributed by atoms with van der Waals surface area (Å²) in [4.78, 5) is 2.36. The van der Waals surface area contributed by atoms with Gasteiger partial charge in [-0.05, 0) is 75.4 Å². The minimum atomic E-state index is -0.523. The van der Waals surface area contributed by atoms with Crippen molar-refractivity contribution in [3.63, 3.8) is 0 Å². The highest BCUT2D eigenvalue weighted by Gasteiger charge is 2.28. The Labute approximate surface area is 210 Å². The monoisotopic (exact) mass is 467 g/mol. The van der Waals surface area contributed by atoms with Gasteiger partial charge in [-0.25, -0.2) is 0 Å². The average Bonchev–Trinajstić information content (AvgIpc) is 2.84. The van der Waals surface area contributed by atoms with Gasteiger partial charge in [-0.3, -0.25) is 0 Å². The zero-order valence-electron chi connectivity index (χ0n) is 21.7. The second kappa shape index (κ2) is 10.5. The first-order chi connectivity index (χ1) is 16.8. The summed E-state index contributed by atoms with van der Waals surface area (Å²) in [5, 5.41) is 10.5. The van der Waals surface area contributed by atoms with Gasteiger partial charge in [0, 0.05) is 11.6 Å². The van der Waals surface area contributed by atoms with E-state index in [0.29, 0.717) is 0 Å². The molecule has 3 nitrogen and oxygen atoms in total. The topological polar surface area (TPSA) is 32.7 Å². The standard InChI is InChI=1S/C32H37NO2/c1-21-18-22(2)24(4)29(19-21)31-17-16-27-12-10-11-15-30(27)33(31)23(3)20-35-26(6)32(25(5)34)28-13-8-7-9-14-28/h7-20,25-26,31-32,34H,1-6H3/b23-20+. The molecule has 0 saturated heterocycles. The molecule has 0 aliphatic carbocycles. The van der Waals surface area contributed by atoms with Crippen molar-refractivity contribution in [2.75, 3.05) is 4.90 Å². The van der Waals surface area contributed by atoms with Gasteiger partial charge in [0.05, 0.1) is 17.8 Å². The van der Waals surface area contributed by atoms with Crippen molar-refractivity contribution in [2.24, 2.45) is 0 Å². The van der Waals surface area contributed by atoms with Crippen molar-refractivity contribution in [1.82, 2.24) is 0 Å². The molecule has 0 spiro atoms. The molecule has 1 aliphatic rings. The Balaban J connectivity index is 1.70. The van der Waals surface area contributed by atoms with Gasteiger partial charge in [-0.1, -0.05) is 78.4 Å². The molecule has 182 valence electrons. The highest BCUT2D eigenvalue weighted by molar-refractivity contribution is 5.75. The third kappa shape index (κ3) is 5.21. The van der Waals surface area contributed by atoms with Crippen LogP contribution < -0.4 is 4.90 Å². The van der Waals surface area contributed by atoms with E-state index in [-0.39, 0.29) is 18.1 Å². The average molecular weight is 468 g/mol. The largest absolute Gasteiger partial charge is 0.496 e. The Bertz CT molecular complexity index is 1230. The van der Waals surface area contributed by atoms with Crippen LogP contribution in [0.3, 0.4) is 0 Å². The van der Waals surface area contributed by atoms with Crippen LogP contribution >= 0.6 is 0 Å². The van der Waals surface area contributed by atoms with E-state index in [1.807, 2.05) is 38.3 Å². The van der Waals surface area contributed by atoms with Crippen LogP contribution in [0.1, 0.15) is 66.1 Å². The number of hydrogen-bond donors (Lipinski definition) is 1. The number of aliphatic hydroxyl groups is 1. The van der Waals surface area contributed by atoms with Crippen LogP contribution in [0.25, 0.3) is 6.08 Å². The molecule has 4 unspecified atom stereocenters. The molecular formula is C32H37NO2. The lowest BCUT2D eigenvalue weighted by molar-refractivity contribution is 0.0600. The van der Waals surface area contributed by atoms with Gasteiger partial charge in [0.25, 0.3) is 0 Å². The molecule has 0 amide bonds. The lowest BCUT2D eigenvalue weighted by Gasteiger charge is -2.38. The maximum absolute atomic E-state index is 10.5. The van der Waals surface area contributed by atoms with E-state index in [1.54, 1.807) is 0 Å². The summed E-state index contributed by atoms with van der Waals surface area (Å²) < 4.78 is 6.32. The van der Waals surface area contributed by atoms with Crippen molar-refractivity contribution in [1.29, 1.82) is 0 Å². The maximum atomic E-state index is 10.5. The molecular weight excluding hydrogens is 430 g/mol. The predicted molar refractivity (Wildman–Crippen MR) is 147 cm³/mol. The third-order valence-corrected chi connectivity index (χ3v) is 7.15. The van der Waals surface area contributed by atoms with Gasteiger partial charge in [0.2, 0.25) is 0 Å². The fraction of sp³-hybridized carbons (Fsp3) is 0.312. The van der Waals surface area contributed by atoms with Crippen molar-refractivity contribution in [2.45, 2.75) is 65.7 Å². The first-order valence-corrected chi connectivity index (χ1v) is 12.5. The highest BCUT2D eigenvalue weighted by atomic mass is 16.5. The molecule has 0 fully saturated rings. The van der Waals surface area contributed by atoms with Crippen LogP contribution in [0.15, 0.2) is 84.8 Å². The summed E-state index contributed by atoms with van der Waals surface area (Å²) >= 11 is 0. The van der Waals surface area contributed by atoms with E-state index >= 15 is 0 Å². The molecule has 0 radical (unpaired) electrons. The van der Waals surface area contributed by atoms with Crippen molar-refractivity contribution < 1.29 is 9.84 Å². The molecule has 4 rings (SSSR count). The minimum absolute atomic E-state index is 0.0698. The third-order valence-electron chi connectivity index (χ3n) is 7.15. The Morgan fingerprint density at radius 2 is 1.66 bits per heavy atom. The summed E-state index contributed by atoms with van der Waals surface area (Å²) in [7, 11) is 0. The summed E-state index contributed by atoms with van der Waals surface area (Å²) in [6.45, 7) is 12.5. The summed E-state index contributed by atoms with van der Waals surface area (Å²) in [6, 6.07) is 23.2. The quantitative estimate of drug-likeness (QED) is 0.363. The SMILES string of the molecule is C/C(=C\OC(C)C(c1ccccc1)C(C)O)N1c2ccccc2C=CC1c1cc(C)cc(C)c1C. The number of anilines is 1. The van der Waals surface area contributed by atoms with Gasteiger partial charge in [0.1, 0.15) is 12.4 Å². The van der Waals surface area contributed by atoms with Gasteiger partial charge in [0.15, 0.2) is 0 Å². The number of aryl methyl sites for hydroxylation is 2. The number of rotatable bonds is 7. The fourth-order valence-corrected chi connectivity index (χ4v) is 5.27. The number of nitrogens with zero attached hydrogens (tertiary/aromatic N) is 1. The zero-order chi connectivity index (χ0) is 25.1. The summed E-state index contributed by atoms with van der Waals surface area (Å²) in [5.74, 6) is -0.119. The molecule has 35 heavy (non-hydrogen) atoms. The van der Waals surface area contributed by atoms with Gasteiger partial charge < -0.3 is 14.7 Å². The van der Waals surface area contributed by atoms with Crippen LogP contribution in [0.4, 0.5) is 5.69 Å². The lowest BCUT2D eigenvalue weighted by Crippen LogP contribution is -2.30. The van der Waals surface area contributed by atoms with E-state index < -0.39 is 6.10 Å². The molecule has 1 N–H and O–H groups in total. The molecule has 1 aliphatic heterocycles. The zero-order valence-corrected chi connectivity index (χ0v) is 21.7. The fourth-order valence-electron chi connectivity index (χ4n) is 5.27. The van der Waals surface area contributed by atoms with Gasteiger partial charge in [-0.15, -0.1) is 0 Å². The number of fused-ring (bicyclic) bond motifs is 1. The number of hydrogen-bond acceptors (Lipinski definition) is 3. The van der Waals surface area contributed by atoms with E-state index in [1.165, 1.54) is 33.5 Å². The lowest BCUT2D eigenvalue weighted by atomic mass is 9.89. The summed E-state index contributed by atoms with van der Waals surface area (Å²) in [6.07, 6.45) is 5.66. The Morgan fingerprint density at radius 3 is 2.37 bits per heavy atom. The van der Waals surface area contributed by atoms with E-state index in [0.717, 1.165) is 11.3 Å². The minimum Gasteiger partial charge on any atom is -0.496 e. The number of benzene rings is 3. The molecule has 0 bridgehead atoms.